The molecule has 2 atom stereocenters. The van der Waals surface area contributed by atoms with Gasteiger partial charge in [0, 0.05) is 6.04 Å². The molecule has 2 aliphatic rings. The van der Waals surface area contributed by atoms with Crippen LogP contribution < -0.4 is 5.32 Å². The van der Waals surface area contributed by atoms with Gasteiger partial charge in [-0.15, -0.1) is 0 Å². The van der Waals surface area contributed by atoms with Crippen LogP contribution in [0.4, 0.5) is 0 Å². The van der Waals surface area contributed by atoms with Crippen LogP contribution >= 0.6 is 0 Å². The highest BCUT2D eigenvalue weighted by atomic mass is 16.5. The highest BCUT2D eigenvalue weighted by Gasteiger charge is 2.30. The van der Waals surface area contributed by atoms with Crippen molar-refractivity contribution in [2.24, 2.45) is 0 Å². The second-order valence-electron chi connectivity index (χ2n) is 4.77. The Hall–Kier alpha value is -1.37. The molecule has 1 aromatic rings. The molecule has 88 valence electrons. The van der Waals surface area contributed by atoms with Gasteiger partial charge in [-0.2, -0.15) is 5.26 Å². The molecule has 1 N–H and O–H groups in total. The Morgan fingerprint density at radius 2 is 2.35 bits per heavy atom. The number of fused-ring (bicyclic) bond motifs is 1. The Kier molecular flexibility index (Phi) is 2.84. The number of hydrogen-bond donors (Lipinski definition) is 1. The smallest absolute Gasteiger partial charge is 0.0991 e. The molecule has 2 heterocycles. The van der Waals surface area contributed by atoms with Crippen molar-refractivity contribution in [1.29, 1.82) is 5.26 Å². The molecule has 3 nitrogen and oxygen atoms in total. The van der Waals surface area contributed by atoms with Crippen molar-refractivity contribution in [3.8, 4) is 6.07 Å². The van der Waals surface area contributed by atoms with Gasteiger partial charge >= 0.3 is 0 Å². The van der Waals surface area contributed by atoms with Gasteiger partial charge in [-0.3, -0.25) is 0 Å². The number of nitriles is 1. The SMILES string of the molecule is N#Cc1ccc2c(c1)CCO[C@H]2[C@@H]1CCCN1. The van der Waals surface area contributed by atoms with Crippen LogP contribution in [-0.4, -0.2) is 19.2 Å². The van der Waals surface area contributed by atoms with E-state index >= 15 is 0 Å². The molecule has 0 amide bonds. The zero-order valence-corrected chi connectivity index (χ0v) is 9.78. The van der Waals surface area contributed by atoms with Gasteiger partial charge in [0.15, 0.2) is 0 Å². The van der Waals surface area contributed by atoms with Crippen molar-refractivity contribution in [2.45, 2.75) is 31.4 Å². The van der Waals surface area contributed by atoms with E-state index in [2.05, 4.69) is 17.5 Å². The fourth-order valence-corrected chi connectivity index (χ4v) is 2.86. The van der Waals surface area contributed by atoms with Crippen molar-refractivity contribution in [1.82, 2.24) is 5.32 Å². The van der Waals surface area contributed by atoms with E-state index in [1.54, 1.807) is 0 Å². The molecule has 1 aromatic carbocycles. The Balaban J connectivity index is 1.94. The maximum Gasteiger partial charge on any atom is 0.0991 e. The molecule has 17 heavy (non-hydrogen) atoms. The maximum atomic E-state index is 8.92. The van der Waals surface area contributed by atoms with Gasteiger partial charge < -0.3 is 10.1 Å². The Labute approximate surface area is 101 Å². The molecule has 1 fully saturated rings. The third-order valence-corrected chi connectivity index (χ3v) is 3.71. The van der Waals surface area contributed by atoms with Gasteiger partial charge in [-0.1, -0.05) is 6.07 Å². The van der Waals surface area contributed by atoms with Gasteiger partial charge in [0.25, 0.3) is 0 Å². The Morgan fingerprint density at radius 1 is 1.41 bits per heavy atom. The fourth-order valence-electron chi connectivity index (χ4n) is 2.86. The van der Waals surface area contributed by atoms with Crippen LogP contribution in [0.15, 0.2) is 18.2 Å². The molecule has 0 unspecified atom stereocenters. The Bertz CT molecular complexity index is 458. The molecule has 0 aliphatic carbocycles. The van der Waals surface area contributed by atoms with Gasteiger partial charge in [0.1, 0.15) is 0 Å². The van der Waals surface area contributed by atoms with E-state index in [0.717, 1.165) is 25.1 Å². The van der Waals surface area contributed by atoms with Crippen LogP contribution in [0.2, 0.25) is 0 Å². The van der Waals surface area contributed by atoms with Crippen LogP contribution in [0.1, 0.15) is 35.6 Å². The summed E-state index contributed by atoms with van der Waals surface area (Å²) >= 11 is 0. The van der Waals surface area contributed by atoms with Crippen molar-refractivity contribution in [3.05, 3.63) is 34.9 Å². The third kappa shape index (κ3) is 1.95. The first kappa shape index (κ1) is 10.8. The molecule has 0 saturated carbocycles. The number of ether oxygens (including phenoxy) is 1. The standard InChI is InChI=1S/C14H16N2O/c15-9-10-3-4-12-11(8-10)5-7-17-14(12)13-2-1-6-16-13/h3-4,8,13-14,16H,1-2,5-7H2/t13-,14+/m0/s1. The fraction of sp³-hybridized carbons (Fsp3) is 0.500. The lowest BCUT2D eigenvalue weighted by atomic mass is 9.91. The van der Waals surface area contributed by atoms with E-state index in [1.807, 2.05) is 12.1 Å². The first-order valence-electron chi connectivity index (χ1n) is 6.26. The number of rotatable bonds is 1. The first-order chi connectivity index (χ1) is 8.38. The zero-order valence-electron chi connectivity index (χ0n) is 9.78. The van der Waals surface area contributed by atoms with Gasteiger partial charge in [0.05, 0.1) is 24.3 Å². The van der Waals surface area contributed by atoms with Gasteiger partial charge in [-0.25, -0.2) is 0 Å². The molecule has 3 heteroatoms. The van der Waals surface area contributed by atoms with Crippen LogP contribution in [0.3, 0.4) is 0 Å². The molecule has 2 aliphatic heterocycles. The molecular formula is C14H16N2O. The summed E-state index contributed by atoms with van der Waals surface area (Å²) in [5.74, 6) is 0. The zero-order chi connectivity index (χ0) is 11.7. The van der Waals surface area contributed by atoms with Crippen LogP contribution in [0.25, 0.3) is 0 Å². The lowest BCUT2D eigenvalue weighted by molar-refractivity contribution is 0.0199. The van der Waals surface area contributed by atoms with E-state index in [9.17, 15) is 0 Å². The minimum atomic E-state index is 0.175. The normalized spacial score (nSPS) is 27.5. The summed E-state index contributed by atoms with van der Waals surface area (Å²) in [5.41, 5.74) is 3.31. The summed E-state index contributed by atoms with van der Waals surface area (Å²) in [7, 11) is 0. The molecule has 0 aromatic heterocycles. The molecule has 3 rings (SSSR count). The van der Waals surface area contributed by atoms with Crippen LogP contribution in [0, 0.1) is 11.3 Å². The molecule has 0 radical (unpaired) electrons. The minimum absolute atomic E-state index is 0.175. The highest BCUT2D eigenvalue weighted by Crippen LogP contribution is 2.33. The van der Waals surface area contributed by atoms with E-state index < -0.39 is 0 Å². The average Bonchev–Trinajstić information content (AvgIpc) is 2.91. The van der Waals surface area contributed by atoms with E-state index in [-0.39, 0.29) is 6.10 Å². The number of nitrogens with zero attached hydrogens (tertiary/aromatic N) is 1. The van der Waals surface area contributed by atoms with E-state index in [0.29, 0.717) is 6.04 Å². The van der Waals surface area contributed by atoms with E-state index in [4.69, 9.17) is 10.00 Å². The van der Waals surface area contributed by atoms with Crippen molar-refractivity contribution < 1.29 is 4.74 Å². The number of benzene rings is 1. The monoisotopic (exact) mass is 228 g/mol. The summed E-state index contributed by atoms with van der Waals surface area (Å²) in [4.78, 5) is 0. The predicted octanol–water partition coefficient (Wildman–Crippen LogP) is 1.92. The number of nitrogens with one attached hydrogen (secondary N) is 1. The summed E-state index contributed by atoms with van der Waals surface area (Å²) in [6.45, 7) is 1.86. The second-order valence-corrected chi connectivity index (χ2v) is 4.77. The third-order valence-electron chi connectivity index (χ3n) is 3.71. The maximum absolute atomic E-state index is 8.92. The van der Waals surface area contributed by atoms with E-state index in [1.165, 1.54) is 24.0 Å². The van der Waals surface area contributed by atoms with Crippen LogP contribution in [-0.2, 0) is 11.2 Å². The van der Waals surface area contributed by atoms with Gasteiger partial charge in [-0.05, 0) is 49.1 Å². The highest BCUT2D eigenvalue weighted by molar-refractivity contribution is 5.40. The summed E-state index contributed by atoms with van der Waals surface area (Å²) in [6, 6.07) is 8.63. The molecule has 0 spiro atoms. The van der Waals surface area contributed by atoms with Gasteiger partial charge in [0.2, 0.25) is 0 Å². The Morgan fingerprint density at radius 3 is 3.12 bits per heavy atom. The van der Waals surface area contributed by atoms with Crippen molar-refractivity contribution in [2.75, 3.05) is 13.2 Å². The largest absolute Gasteiger partial charge is 0.372 e. The summed E-state index contributed by atoms with van der Waals surface area (Å²) in [6.07, 6.45) is 3.52. The number of hydrogen-bond acceptors (Lipinski definition) is 3. The molecular weight excluding hydrogens is 212 g/mol. The second kappa shape index (κ2) is 4.48. The lowest BCUT2D eigenvalue weighted by Crippen LogP contribution is -2.33. The summed E-state index contributed by atoms with van der Waals surface area (Å²) < 4.78 is 5.92. The molecule has 1 saturated heterocycles. The lowest BCUT2D eigenvalue weighted by Gasteiger charge is -2.30. The average molecular weight is 228 g/mol. The summed E-state index contributed by atoms with van der Waals surface area (Å²) in [5, 5.41) is 12.4. The molecule has 0 bridgehead atoms. The topological polar surface area (TPSA) is 45.0 Å². The minimum Gasteiger partial charge on any atom is -0.372 e. The quantitative estimate of drug-likeness (QED) is 0.798. The predicted molar refractivity (Wildman–Crippen MR) is 64.6 cm³/mol. The first-order valence-corrected chi connectivity index (χ1v) is 6.26. The van der Waals surface area contributed by atoms with Crippen molar-refractivity contribution in [3.63, 3.8) is 0 Å². The van der Waals surface area contributed by atoms with Crippen molar-refractivity contribution >= 4 is 0 Å². The van der Waals surface area contributed by atoms with Crippen LogP contribution in [0.5, 0.6) is 0 Å².